The highest BCUT2D eigenvalue weighted by Gasteiger charge is 2.43. The quantitative estimate of drug-likeness (QED) is 0.812. The number of aromatic nitrogens is 1. The van der Waals surface area contributed by atoms with E-state index in [0.717, 1.165) is 25.7 Å². The molecule has 5 heteroatoms. The molecule has 1 aliphatic carbocycles. The van der Waals surface area contributed by atoms with Crippen LogP contribution >= 0.6 is 0 Å². The van der Waals surface area contributed by atoms with Crippen molar-refractivity contribution in [3.63, 3.8) is 0 Å². The number of pyridine rings is 1. The second kappa shape index (κ2) is 5.05. The van der Waals surface area contributed by atoms with Crippen molar-refractivity contribution in [2.45, 2.75) is 37.7 Å². The fourth-order valence-corrected chi connectivity index (χ4v) is 3.47. The van der Waals surface area contributed by atoms with Crippen molar-refractivity contribution in [3.05, 3.63) is 23.9 Å². The average Bonchev–Trinajstić information content (AvgIpc) is 2.46. The molecule has 2 aliphatic rings. The number of carbonyl (C=O) groups excluding carboxylic acids is 1. The van der Waals surface area contributed by atoms with Crippen LogP contribution in [0.5, 0.6) is 0 Å². The van der Waals surface area contributed by atoms with Gasteiger partial charge in [-0.2, -0.15) is 0 Å². The fraction of sp³-hybridized carbons (Fsp3) is 0.600. The smallest absolute Gasteiger partial charge is 0.255 e. The number of carbonyl (C=O) groups is 1. The van der Waals surface area contributed by atoms with E-state index < -0.39 is 5.60 Å². The van der Waals surface area contributed by atoms with Gasteiger partial charge in [0.15, 0.2) is 0 Å². The number of hydrogen-bond donors (Lipinski definition) is 2. The number of hydrogen-bond acceptors (Lipinski definition) is 4. The summed E-state index contributed by atoms with van der Waals surface area (Å²) in [6, 6.07) is 3.36. The number of nitrogen functional groups attached to an aromatic ring is 1. The zero-order valence-electron chi connectivity index (χ0n) is 11.6. The van der Waals surface area contributed by atoms with Gasteiger partial charge >= 0.3 is 0 Å². The van der Waals surface area contributed by atoms with Crippen LogP contribution in [0.2, 0.25) is 0 Å². The molecule has 1 aromatic rings. The van der Waals surface area contributed by atoms with E-state index in [1.807, 2.05) is 4.90 Å². The van der Waals surface area contributed by atoms with E-state index in [9.17, 15) is 9.90 Å². The molecule has 1 saturated heterocycles. The largest absolute Gasteiger partial charge is 0.389 e. The van der Waals surface area contributed by atoms with Crippen molar-refractivity contribution < 1.29 is 9.90 Å². The van der Waals surface area contributed by atoms with Gasteiger partial charge in [-0.3, -0.25) is 4.79 Å². The highest BCUT2D eigenvalue weighted by atomic mass is 16.3. The van der Waals surface area contributed by atoms with Crippen LogP contribution in [-0.2, 0) is 0 Å². The number of likely N-dealkylation sites (tertiary alicyclic amines) is 1. The molecule has 1 aliphatic heterocycles. The number of piperidine rings is 1. The average molecular weight is 275 g/mol. The molecule has 1 amide bonds. The lowest BCUT2D eigenvalue weighted by atomic mass is 9.71. The molecule has 1 saturated carbocycles. The molecule has 3 N–H and O–H groups in total. The number of nitrogens with zero attached hydrogens (tertiary/aromatic N) is 2. The molecular weight excluding hydrogens is 254 g/mol. The van der Waals surface area contributed by atoms with E-state index in [4.69, 9.17) is 5.73 Å². The second-order valence-corrected chi connectivity index (χ2v) is 6.02. The predicted molar refractivity (Wildman–Crippen MR) is 76.1 cm³/mol. The summed E-state index contributed by atoms with van der Waals surface area (Å²) in [7, 11) is 0. The highest BCUT2D eigenvalue weighted by molar-refractivity contribution is 5.94. The molecule has 2 fully saturated rings. The van der Waals surface area contributed by atoms with E-state index in [0.29, 0.717) is 30.9 Å². The number of anilines is 1. The van der Waals surface area contributed by atoms with Gasteiger partial charge in [-0.1, -0.05) is 12.8 Å². The lowest BCUT2D eigenvalue weighted by Crippen LogP contribution is -2.54. The zero-order valence-corrected chi connectivity index (χ0v) is 11.6. The van der Waals surface area contributed by atoms with E-state index in [1.54, 1.807) is 12.1 Å². The van der Waals surface area contributed by atoms with E-state index in [1.165, 1.54) is 6.20 Å². The molecule has 108 valence electrons. The van der Waals surface area contributed by atoms with Crippen LogP contribution in [0, 0.1) is 5.92 Å². The van der Waals surface area contributed by atoms with Gasteiger partial charge in [0.25, 0.3) is 5.91 Å². The van der Waals surface area contributed by atoms with Crippen molar-refractivity contribution >= 4 is 11.7 Å². The van der Waals surface area contributed by atoms with Gasteiger partial charge in [0.2, 0.25) is 0 Å². The lowest BCUT2D eigenvalue weighted by molar-refractivity contribution is -0.0886. The minimum atomic E-state index is -0.547. The third-order valence-corrected chi connectivity index (χ3v) is 4.75. The molecule has 1 aromatic heterocycles. The number of aliphatic hydroxyl groups is 1. The molecule has 0 bridgehead atoms. The molecule has 2 heterocycles. The third kappa shape index (κ3) is 2.38. The summed E-state index contributed by atoms with van der Waals surface area (Å²) in [6.07, 6.45) is 6.36. The topological polar surface area (TPSA) is 79.5 Å². The Morgan fingerprint density at radius 1 is 1.40 bits per heavy atom. The standard InChI is InChI=1S/C15H21N3O2/c16-13-5-4-11(9-17-13)14(19)18-8-7-15(20)6-2-1-3-12(15)10-18/h4-5,9,12,20H,1-3,6-8,10H2,(H2,16,17). The fourth-order valence-electron chi connectivity index (χ4n) is 3.47. The molecule has 3 rings (SSSR count). The molecular formula is C15H21N3O2. The third-order valence-electron chi connectivity index (χ3n) is 4.75. The van der Waals surface area contributed by atoms with E-state index >= 15 is 0 Å². The maximum Gasteiger partial charge on any atom is 0.255 e. The van der Waals surface area contributed by atoms with Crippen molar-refractivity contribution in [1.29, 1.82) is 0 Å². The first kappa shape index (κ1) is 13.4. The molecule has 2 atom stereocenters. The lowest BCUT2D eigenvalue weighted by Gasteiger charge is -2.47. The molecule has 5 nitrogen and oxygen atoms in total. The summed E-state index contributed by atoms with van der Waals surface area (Å²) in [5.74, 6) is 0.627. The SMILES string of the molecule is Nc1ccc(C(=O)N2CCC3(O)CCCCC3C2)cn1. The molecule has 0 spiro atoms. The minimum Gasteiger partial charge on any atom is -0.389 e. The van der Waals surface area contributed by atoms with Gasteiger partial charge in [-0.15, -0.1) is 0 Å². The molecule has 2 unspecified atom stereocenters. The van der Waals surface area contributed by atoms with Crippen molar-refractivity contribution in [1.82, 2.24) is 9.88 Å². The highest BCUT2D eigenvalue weighted by Crippen LogP contribution is 2.39. The monoisotopic (exact) mass is 275 g/mol. The van der Waals surface area contributed by atoms with E-state index in [2.05, 4.69) is 4.98 Å². The summed E-state index contributed by atoms with van der Waals surface area (Å²) in [4.78, 5) is 18.3. The Labute approximate surface area is 118 Å². The van der Waals surface area contributed by atoms with Gasteiger partial charge in [0.1, 0.15) is 5.82 Å². The van der Waals surface area contributed by atoms with Crippen molar-refractivity contribution in [3.8, 4) is 0 Å². The number of nitrogens with two attached hydrogens (primary N) is 1. The van der Waals surface area contributed by atoms with Crippen LogP contribution < -0.4 is 5.73 Å². The van der Waals surface area contributed by atoms with Crippen molar-refractivity contribution in [2.24, 2.45) is 5.92 Å². The van der Waals surface area contributed by atoms with Crippen LogP contribution in [0.4, 0.5) is 5.82 Å². The van der Waals surface area contributed by atoms with Gasteiger partial charge in [-0.05, 0) is 31.4 Å². The van der Waals surface area contributed by atoms with Gasteiger partial charge in [0, 0.05) is 25.2 Å². The number of rotatable bonds is 1. The summed E-state index contributed by atoms with van der Waals surface area (Å²) < 4.78 is 0. The van der Waals surface area contributed by atoms with Gasteiger partial charge in [-0.25, -0.2) is 4.98 Å². The first-order valence-corrected chi connectivity index (χ1v) is 7.32. The van der Waals surface area contributed by atoms with Crippen molar-refractivity contribution in [2.75, 3.05) is 18.8 Å². The summed E-state index contributed by atoms with van der Waals surface area (Å²) in [6.45, 7) is 1.27. The number of amides is 1. The minimum absolute atomic E-state index is 0.00914. The molecule has 20 heavy (non-hydrogen) atoms. The Kier molecular flexibility index (Phi) is 3.38. The Hall–Kier alpha value is -1.62. The summed E-state index contributed by atoms with van der Waals surface area (Å²) in [5, 5.41) is 10.6. The summed E-state index contributed by atoms with van der Waals surface area (Å²) >= 11 is 0. The predicted octanol–water partition coefficient (Wildman–Crippen LogP) is 1.43. The first-order chi connectivity index (χ1) is 9.58. The normalized spacial score (nSPS) is 29.9. The Morgan fingerprint density at radius 2 is 2.25 bits per heavy atom. The first-order valence-electron chi connectivity index (χ1n) is 7.32. The Balaban J connectivity index is 1.72. The molecule has 0 aromatic carbocycles. The zero-order chi connectivity index (χ0) is 14.2. The Morgan fingerprint density at radius 3 is 3.00 bits per heavy atom. The van der Waals surface area contributed by atoms with Crippen LogP contribution in [0.3, 0.4) is 0 Å². The molecule has 0 radical (unpaired) electrons. The van der Waals surface area contributed by atoms with Gasteiger partial charge in [0.05, 0.1) is 11.2 Å². The van der Waals surface area contributed by atoms with Crippen LogP contribution in [-0.4, -0.2) is 39.6 Å². The Bertz CT molecular complexity index is 502. The van der Waals surface area contributed by atoms with Crippen LogP contribution in [0.25, 0.3) is 0 Å². The number of fused-ring (bicyclic) bond motifs is 1. The maximum absolute atomic E-state index is 12.5. The van der Waals surface area contributed by atoms with Gasteiger partial charge < -0.3 is 15.7 Å². The van der Waals surface area contributed by atoms with Crippen LogP contribution in [0.15, 0.2) is 18.3 Å². The summed E-state index contributed by atoms with van der Waals surface area (Å²) in [5.41, 5.74) is 5.56. The van der Waals surface area contributed by atoms with E-state index in [-0.39, 0.29) is 11.8 Å². The second-order valence-electron chi connectivity index (χ2n) is 6.02. The maximum atomic E-state index is 12.5. The van der Waals surface area contributed by atoms with Crippen LogP contribution in [0.1, 0.15) is 42.5 Å².